The summed E-state index contributed by atoms with van der Waals surface area (Å²) in [7, 11) is 0. The molecule has 0 spiro atoms. The van der Waals surface area contributed by atoms with Crippen molar-refractivity contribution >= 4 is 23.6 Å². The van der Waals surface area contributed by atoms with Crippen molar-refractivity contribution < 1.29 is 14.3 Å². The molecule has 1 N–H and O–H groups in total. The number of rotatable bonds is 5. The van der Waals surface area contributed by atoms with Gasteiger partial charge >= 0.3 is 0 Å². The number of carbonyl (C=O) groups excluding carboxylic acids is 2. The Bertz CT molecular complexity index is 1010. The molecule has 1 aliphatic heterocycles. The van der Waals surface area contributed by atoms with Gasteiger partial charge in [-0.25, -0.2) is 5.01 Å². The van der Waals surface area contributed by atoms with Gasteiger partial charge in [-0.2, -0.15) is 0 Å². The van der Waals surface area contributed by atoms with E-state index in [2.05, 4.69) is 5.43 Å². The van der Waals surface area contributed by atoms with Crippen LogP contribution in [0, 0.1) is 0 Å². The standard InChI is InChI=1S/C23H18N2O3/c26-22-21(23(27)25(24-22)19-9-5-2-6-10-19)15-17-11-13-20(14-12-17)28-16-18-7-3-1-4-8-18/h1-15H,16H2,(H,24,26)/b21-15+. The second-order valence-corrected chi connectivity index (χ2v) is 6.32. The van der Waals surface area contributed by atoms with Crippen LogP contribution in [0.4, 0.5) is 5.69 Å². The lowest BCUT2D eigenvalue weighted by atomic mass is 10.1. The van der Waals surface area contributed by atoms with Gasteiger partial charge in [-0.05, 0) is 41.5 Å². The number of benzene rings is 3. The normalized spacial score (nSPS) is 15.0. The van der Waals surface area contributed by atoms with Crippen molar-refractivity contribution in [2.45, 2.75) is 6.61 Å². The molecule has 0 aliphatic carbocycles. The first-order valence-corrected chi connectivity index (χ1v) is 8.90. The van der Waals surface area contributed by atoms with Crippen LogP contribution in [0.3, 0.4) is 0 Å². The number of para-hydroxylation sites is 1. The van der Waals surface area contributed by atoms with Gasteiger partial charge in [0.1, 0.15) is 17.9 Å². The quantitative estimate of drug-likeness (QED) is 0.550. The predicted octanol–water partition coefficient (Wildman–Crippen LogP) is 3.73. The topological polar surface area (TPSA) is 58.6 Å². The molecule has 1 aliphatic rings. The molecule has 0 atom stereocenters. The van der Waals surface area contributed by atoms with Crippen LogP contribution in [0.5, 0.6) is 5.75 Å². The lowest BCUT2D eigenvalue weighted by Crippen LogP contribution is -2.35. The smallest absolute Gasteiger partial charge is 0.282 e. The molecule has 138 valence electrons. The third-order valence-electron chi connectivity index (χ3n) is 4.35. The summed E-state index contributed by atoms with van der Waals surface area (Å²) in [5, 5.41) is 1.26. The molecule has 3 aromatic carbocycles. The summed E-state index contributed by atoms with van der Waals surface area (Å²) >= 11 is 0. The zero-order valence-electron chi connectivity index (χ0n) is 15.0. The fourth-order valence-corrected chi connectivity index (χ4v) is 2.88. The van der Waals surface area contributed by atoms with Gasteiger partial charge in [0.15, 0.2) is 0 Å². The van der Waals surface area contributed by atoms with E-state index >= 15 is 0 Å². The lowest BCUT2D eigenvalue weighted by molar-refractivity contribution is -0.117. The number of amides is 2. The van der Waals surface area contributed by atoms with Gasteiger partial charge < -0.3 is 4.74 Å². The predicted molar refractivity (Wildman–Crippen MR) is 107 cm³/mol. The fourth-order valence-electron chi connectivity index (χ4n) is 2.88. The Morgan fingerprint density at radius 3 is 2.14 bits per heavy atom. The van der Waals surface area contributed by atoms with Crippen LogP contribution in [-0.4, -0.2) is 11.8 Å². The Labute approximate surface area is 162 Å². The van der Waals surface area contributed by atoms with E-state index < -0.39 is 5.91 Å². The van der Waals surface area contributed by atoms with E-state index in [9.17, 15) is 9.59 Å². The average molecular weight is 370 g/mol. The molecule has 0 unspecified atom stereocenters. The van der Waals surface area contributed by atoms with Gasteiger partial charge in [0.2, 0.25) is 0 Å². The molecule has 4 rings (SSSR count). The van der Waals surface area contributed by atoms with E-state index in [1.165, 1.54) is 5.01 Å². The van der Waals surface area contributed by atoms with Gasteiger partial charge in [-0.3, -0.25) is 15.0 Å². The summed E-state index contributed by atoms with van der Waals surface area (Å²) in [6, 6.07) is 26.2. The van der Waals surface area contributed by atoms with Gasteiger partial charge in [0.25, 0.3) is 11.8 Å². The minimum Gasteiger partial charge on any atom is -0.489 e. The summed E-state index contributed by atoms with van der Waals surface area (Å²) < 4.78 is 5.76. The Balaban J connectivity index is 1.46. The molecule has 0 saturated carbocycles. The van der Waals surface area contributed by atoms with E-state index in [1.54, 1.807) is 18.2 Å². The number of hydrazine groups is 1. The summed E-state index contributed by atoms with van der Waals surface area (Å²) in [5.74, 6) is -0.0713. The third kappa shape index (κ3) is 3.78. The highest BCUT2D eigenvalue weighted by molar-refractivity contribution is 6.31. The number of anilines is 1. The van der Waals surface area contributed by atoms with Gasteiger partial charge in [0, 0.05) is 0 Å². The minimum absolute atomic E-state index is 0.0989. The number of ether oxygens (including phenoxy) is 1. The van der Waals surface area contributed by atoms with Crippen LogP contribution in [0.25, 0.3) is 6.08 Å². The first kappa shape index (κ1) is 17.5. The van der Waals surface area contributed by atoms with Crippen molar-refractivity contribution in [3.63, 3.8) is 0 Å². The van der Waals surface area contributed by atoms with Crippen LogP contribution in [0.1, 0.15) is 11.1 Å². The molecular formula is C23H18N2O3. The highest BCUT2D eigenvalue weighted by atomic mass is 16.5. The molecule has 1 saturated heterocycles. The molecule has 1 heterocycles. The highest BCUT2D eigenvalue weighted by Gasteiger charge is 2.34. The van der Waals surface area contributed by atoms with Gasteiger partial charge in [-0.1, -0.05) is 60.7 Å². The SMILES string of the molecule is O=C1NN(c2ccccc2)C(=O)/C1=C/c1ccc(OCc2ccccc2)cc1. The summed E-state index contributed by atoms with van der Waals surface area (Å²) in [6.45, 7) is 0.480. The molecular weight excluding hydrogens is 352 g/mol. The van der Waals surface area contributed by atoms with Gasteiger partial charge in [0.05, 0.1) is 5.69 Å². The second-order valence-electron chi connectivity index (χ2n) is 6.32. The van der Waals surface area contributed by atoms with E-state index in [0.29, 0.717) is 12.3 Å². The Morgan fingerprint density at radius 1 is 0.821 bits per heavy atom. The maximum absolute atomic E-state index is 12.6. The maximum atomic E-state index is 12.6. The average Bonchev–Trinajstić information content (AvgIpc) is 3.03. The monoisotopic (exact) mass is 370 g/mol. The maximum Gasteiger partial charge on any atom is 0.282 e. The Morgan fingerprint density at radius 2 is 1.46 bits per heavy atom. The minimum atomic E-state index is -0.418. The molecule has 5 heteroatoms. The van der Waals surface area contributed by atoms with Crippen molar-refractivity contribution in [1.29, 1.82) is 0 Å². The number of carbonyl (C=O) groups is 2. The van der Waals surface area contributed by atoms with E-state index in [1.807, 2.05) is 72.8 Å². The zero-order valence-corrected chi connectivity index (χ0v) is 15.0. The molecule has 2 amide bonds. The molecule has 0 radical (unpaired) electrons. The molecule has 28 heavy (non-hydrogen) atoms. The number of nitrogens with one attached hydrogen (secondary N) is 1. The highest BCUT2D eigenvalue weighted by Crippen LogP contribution is 2.22. The van der Waals surface area contributed by atoms with Crippen molar-refractivity contribution in [3.8, 4) is 5.75 Å². The molecule has 0 bridgehead atoms. The lowest BCUT2D eigenvalue weighted by Gasteiger charge is -2.13. The Kier molecular flexibility index (Phi) is 4.89. The Hall–Kier alpha value is -3.86. The van der Waals surface area contributed by atoms with Crippen molar-refractivity contribution in [3.05, 3.63) is 102 Å². The number of hydrogen-bond donors (Lipinski definition) is 1. The number of nitrogens with zero attached hydrogens (tertiary/aromatic N) is 1. The van der Waals surface area contributed by atoms with Crippen LogP contribution < -0.4 is 15.2 Å². The molecule has 1 fully saturated rings. The zero-order chi connectivity index (χ0) is 19.3. The van der Waals surface area contributed by atoms with Crippen molar-refractivity contribution in [1.82, 2.24) is 5.43 Å². The summed E-state index contributed by atoms with van der Waals surface area (Å²) in [5.41, 5.74) is 5.15. The molecule has 0 aromatic heterocycles. The van der Waals surface area contributed by atoms with Crippen LogP contribution in [0.2, 0.25) is 0 Å². The fraction of sp³-hybridized carbons (Fsp3) is 0.0435. The van der Waals surface area contributed by atoms with Gasteiger partial charge in [-0.15, -0.1) is 0 Å². The van der Waals surface area contributed by atoms with Crippen molar-refractivity contribution in [2.24, 2.45) is 0 Å². The second kappa shape index (κ2) is 7.80. The molecule has 3 aromatic rings. The van der Waals surface area contributed by atoms with E-state index in [0.717, 1.165) is 16.9 Å². The van der Waals surface area contributed by atoms with Crippen LogP contribution in [0.15, 0.2) is 90.5 Å². The van der Waals surface area contributed by atoms with Crippen molar-refractivity contribution in [2.75, 3.05) is 5.01 Å². The largest absolute Gasteiger partial charge is 0.489 e. The first-order valence-electron chi connectivity index (χ1n) is 8.90. The summed E-state index contributed by atoms with van der Waals surface area (Å²) in [4.78, 5) is 24.8. The van der Waals surface area contributed by atoms with Crippen LogP contribution >= 0.6 is 0 Å². The van der Waals surface area contributed by atoms with E-state index in [-0.39, 0.29) is 11.5 Å². The third-order valence-corrected chi connectivity index (χ3v) is 4.35. The van der Waals surface area contributed by atoms with Crippen LogP contribution in [-0.2, 0) is 16.2 Å². The van der Waals surface area contributed by atoms with E-state index in [4.69, 9.17) is 4.74 Å². The molecule has 5 nitrogen and oxygen atoms in total. The first-order chi connectivity index (χ1) is 13.7. The summed E-state index contributed by atoms with van der Waals surface area (Å²) in [6.07, 6.45) is 1.58. The number of hydrogen-bond acceptors (Lipinski definition) is 3.